The van der Waals surface area contributed by atoms with Crippen LogP contribution < -0.4 is 0 Å². The molecule has 1 heterocycles. The Kier molecular flexibility index (Phi) is 3.74. The van der Waals surface area contributed by atoms with Crippen LogP contribution in [0.15, 0.2) is 70.5 Å². The second-order valence-corrected chi connectivity index (χ2v) is 7.74. The van der Waals surface area contributed by atoms with Crippen molar-refractivity contribution in [1.82, 2.24) is 15.0 Å². The normalized spacial score (nSPS) is 11.7. The fraction of sp³-hybridized carbons (Fsp3) is 0. The molecule has 0 aliphatic heterocycles. The van der Waals surface area contributed by atoms with Gasteiger partial charge in [-0.15, -0.1) is 15.0 Å². The molecule has 0 spiro atoms. The number of fused-ring (bicyclic) bond motifs is 1. The van der Waals surface area contributed by atoms with Crippen LogP contribution in [0, 0.1) is 0 Å². The van der Waals surface area contributed by atoms with Crippen molar-refractivity contribution in [3.05, 3.63) is 60.7 Å². The second-order valence-electron chi connectivity index (χ2n) is 5.79. The average Bonchev–Trinajstić information content (AvgIpc) is 3.04. The van der Waals surface area contributed by atoms with Gasteiger partial charge in [-0.3, -0.25) is 0 Å². The van der Waals surface area contributed by atoms with Crippen molar-refractivity contribution in [3.8, 4) is 22.9 Å². The minimum Gasteiger partial charge on any atom is -0.508 e. The molecule has 0 atom stereocenters. The zero-order valence-electron chi connectivity index (χ0n) is 13.7. The number of phenolic OH excluding ortho intramolecular Hbond substituents is 3. The molecule has 9 heteroatoms. The molecule has 1 aromatic heterocycles. The number of nitrogens with zero attached hydrogens (tertiary/aromatic N) is 3. The molecule has 27 heavy (non-hydrogen) atoms. The van der Waals surface area contributed by atoms with Gasteiger partial charge in [0.05, 0.1) is 9.79 Å². The van der Waals surface area contributed by atoms with Gasteiger partial charge in [0.25, 0.3) is 0 Å². The monoisotopic (exact) mass is 383 g/mol. The molecular weight excluding hydrogens is 370 g/mol. The SMILES string of the molecule is O=S(=O)(c1ccccc1)c1ccc2nn(-c3c(O)cc(O)cc3O)nc2c1. The number of rotatable bonds is 3. The van der Waals surface area contributed by atoms with E-state index in [1.54, 1.807) is 18.2 Å². The van der Waals surface area contributed by atoms with Crippen molar-refractivity contribution in [1.29, 1.82) is 0 Å². The number of hydrogen-bond acceptors (Lipinski definition) is 7. The topological polar surface area (TPSA) is 126 Å². The lowest BCUT2D eigenvalue weighted by atomic mass is 10.2. The molecule has 0 unspecified atom stereocenters. The molecule has 0 fully saturated rings. The van der Waals surface area contributed by atoms with Crippen LogP contribution in [0.3, 0.4) is 0 Å². The van der Waals surface area contributed by atoms with Gasteiger partial charge in [0.2, 0.25) is 9.84 Å². The molecule has 8 nitrogen and oxygen atoms in total. The van der Waals surface area contributed by atoms with E-state index in [4.69, 9.17) is 0 Å². The van der Waals surface area contributed by atoms with Crippen molar-refractivity contribution < 1.29 is 23.7 Å². The van der Waals surface area contributed by atoms with Crippen molar-refractivity contribution in [2.45, 2.75) is 9.79 Å². The summed E-state index contributed by atoms with van der Waals surface area (Å²) in [4.78, 5) is 1.19. The zero-order valence-corrected chi connectivity index (χ0v) is 14.5. The van der Waals surface area contributed by atoms with Gasteiger partial charge in [-0.1, -0.05) is 18.2 Å². The van der Waals surface area contributed by atoms with E-state index < -0.39 is 21.3 Å². The summed E-state index contributed by atoms with van der Waals surface area (Å²) >= 11 is 0. The molecule has 0 saturated heterocycles. The van der Waals surface area contributed by atoms with Gasteiger partial charge in [-0.2, -0.15) is 0 Å². The summed E-state index contributed by atoms with van der Waals surface area (Å²) in [5, 5.41) is 37.6. The highest BCUT2D eigenvalue weighted by molar-refractivity contribution is 7.91. The maximum Gasteiger partial charge on any atom is 0.206 e. The number of aromatic nitrogens is 3. The predicted molar refractivity (Wildman–Crippen MR) is 95.8 cm³/mol. The van der Waals surface area contributed by atoms with Crippen LogP contribution in [0.5, 0.6) is 17.2 Å². The average molecular weight is 383 g/mol. The van der Waals surface area contributed by atoms with Gasteiger partial charge in [0.1, 0.15) is 16.8 Å². The molecule has 3 N–H and O–H groups in total. The lowest BCUT2D eigenvalue weighted by molar-refractivity contribution is 0.420. The minimum atomic E-state index is -3.72. The summed E-state index contributed by atoms with van der Waals surface area (Å²) in [5.74, 6) is -1.17. The van der Waals surface area contributed by atoms with E-state index in [-0.39, 0.29) is 26.7 Å². The summed E-state index contributed by atoms with van der Waals surface area (Å²) in [6, 6.07) is 14.4. The largest absolute Gasteiger partial charge is 0.508 e. The quantitative estimate of drug-likeness (QED) is 0.496. The Bertz CT molecular complexity index is 1240. The Morgan fingerprint density at radius 3 is 2.04 bits per heavy atom. The number of hydrogen-bond donors (Lipinski definition) is 3. The van der Waals surface area contributed by atoms with Crippen LogP contribution in [-0.4, -0.2) is 38.7 Å². The van der Waals surface area contributed by atoms with E-state index in [9.17, 15) is 23.7 Å². The molecule has 0 saturated carbocycles. The predicted octanol–water partition coefficient (Wildman–Crippen LogP) is 2.37. The van der Waals surface area contributed by atoms with Gasteiger partial charge >= 0.3 is 0 Å². The zero-order chi connectivity index (χ0) is 19.2. The number of phenols is 3. The van der Waals surface area contributed by atoms with Crippen LogP contribution in [0.1, 0.15) is 0 Å². The van der Waals surface area contributed by atoms with Crippen molar-refractivity contribution in [2.24, 2.45) is 0 Å². The van der Waals surface area contributed by atoms with E-state index in [1.807, 2.05) is 0 Å². The van der Waals surface area contributed by atoms with E-state index >= 15 is 0 Å². The lowest BCUT2D eigenvalue weighted by Crippen LogP contribution is -2.01. The Morgan fingerprint density at radius 2 is 1.37 bits per heavy atom. The molecule has 4 rings (SSSR count). The van der Waals surface area contributed by atoms with Crippen LogP contribution in [0.4, 0.5) is 0 Å². The summed E-state index contributed by atoms with van der Waals surface area (Å²) in [6.07, 6.45) is 0. The van der Waals surface area contributed by atoms with Crippen LogP contribution in [0.25, 0.3) is 16.7 Å². The first kappa shape index (κ1) is 16.9. The molecule has 0 amide bonds. The highest BCUT2D eigenvalue weighted by atomic mass is 32.2. The molecule has 0 aliphatic carbocycles. The fourth-order valence-electron chi connectivity index (χ4n) is 2.69. The first-order valence-electron chi connectivity index (χ1n) is 7.79. The molecule has 4 aromatic rings. The minimum absolute atomic E-state index is 0.0485. The number of aromatic hydroxyl groups is 3. The first-order valence-corrected chi connectivity index (χ1v) is 9.27. The van der Waals surface area contributed by atoms with Crippen molar-refractivity contribution in [3.63, 3.8) is 0 Å². The third kappa shape index (κ3) is 2.83. The first-order chi connectivity index (χ1) is 12.9. The fourth-order valence-corrected chi connectivity index (χ4v) is 3.99. The molecule has 0 radical (unpaired) electrons. The summed E-state index contributed by atoms with van der Waals surface area (Å²) in [7, 11) is -3.72. The smallest absolute Gasteiger partial charge is 0.206 e. The molecular formula is C18H13N3O5S. The highest BCUT2D eigenvalue weighted by Gasteiger charge is 2.20. The molecule has 0 bridgehead atoms. The third-order valence-electron chi connectivity index (χ3n) is 3.97. The Labute approximate surface area is 153 Å². The molecule has 136 valence electrons. The van der Waals surface area contributed by atoms with Gasteiger partial charge in [-0.25, -0.2) is 8.42 Å². The van der Waals surface area contributed by atoms with Gasteiger partial charge < -0.3 is 15.3 Å². The van der Waals surface area contributed by atoms with E-state index in [0.717, 1.165) is 16.9 Å². The Balaban J connectivity index is 1.84. The van der Waals surface area contributed by atoms with Crippen LogP contribution in [0.2, 0.25) is 0 Å². The van der Waals surface area contributed by atoms with Gasteiger partial charge in [0.15, 0.2) is 17.2 Å². The summed E-state index contributed by atoms with van der Waals surface area (Å²) in [5.41, 5.74) is 0.504. The summed E-state index contributed by atoms with van der Waals surface area (Å²) < 4.78 is 25.5. The van der Waals surface area contributed by atoms with Crippen molar-refractivity contribution >= 4 is 20.9 Å². The van der Waals surface area contributed by atoms with Gasteiger partial charge in [-0.05, 0) is 30.3 Å². The second kappa shape index (κ2) is 5.99. The standard InChI is InChI=1S/C18H13N3O5S/c22-11-8-16(23)18(17(24)9-11)21-19-14-7-6-13(10-15(14)20-21)27(25,26)12-4-2-1-3-5-12/h1-10,22-24H. The maximum atomic E-state index is 12.7. The third-order valence-corrected chi connectivity index (χ3v) is 5.74. The maximum absolute atomic E-state index is 12.7. The highest BCUT2D eigenvalue weighted by Crippen LogP contribution is 2.35. The number of sulfone groups is 1. The van der Waals surface area contributed by atoms with Crippen molar-refractivity contribution in [2.75, 3.05) is 0 Å². The van der Waals surface area contributed by atoms with Gasteiger partial charge in [0, 0.05) is 12.1 Å². The summed E-state index contributed by atoms with van der Waals surface area (Å²) in [6.45, 7) is 0. The lowest BCUT2D eigenvalue weighted by Gasteiger charge is -2.05. The Hall–Kier alpha value is -3.59. The molecule has 3 aromatic carbocycles. The van der Waals surface area contributed by atoms with E-state index in [2.05, 4.69) is 10.2 Å². The van der Waals surface area contributed by atoms with E-state index in [1.165, 1.54) is 30.3 Å². The van der Waals surface area contributed by atoms with E-state index in [0.29, 0.717) is 5.52 Å². The Morgan fingerprint density at radius 1 is 0.741 bits per heavy atom. The van der Waals surface area contributed by atoms with Crippen LogP contribution >= 0.6 is 0 Å². The molecule has 0 aliphatic rings. The van der Waals surface area contributed by atoms with Crippen LogP contribution in [-0.2, 0) is 9.84 Å². The number of benzene rings is 3.